The Balaban J connectivity index is 0.750. The highest BCUT2D eigenvalue weighted by Crippen LogP contribution is 2.49. The van der Waals surface area contributed by atoms with E-state index in [0.717, 1.165) is 28.2 Å². The van der Waals surface area contributed by atoms with Gasteiger partial charge in [0.15, 0.2) is 5.78 Å². The third-order valence-electron chi connectivity index (χ3n) is 17.9. The maximum Gasteiger partial charge on any atom is 0.251 e. The lowest BCUT2D eigenvalue weighted by molar-refractivity contribution is -0.462. The molecule has 7 amide bonds. The molecule has 7 aromatic rings. The number of carbonyl (C=O) groups excluding carboxylic acids is 9. The van der Waals surface area contributed by atoms with Gasteiger partial charge in [0.2, 0.25) is 35.2 Å². The molecule has 27 heteroatoms. The van der Waals surface area contributed by atoms with Crippen LogP contribution in [0.3, 0.4) is 0 Å². The van der Waals surface area contributed by atoms with E-state index in [-0.39, 0.29) is 73.5 Å². The summed E-state index contributed by atoms with van der Waals surface area (Å²) in [7, 11) is 7.68. The number of aromatic carboxylic acids is 1. The number of unbranched alkanes of at least 4 members (excludes halogenated alkanes) is 3. The van der Waals surface area contributed by atoms with Crippen LogP contribution in [0.4, 0.5) is 5.69 Å². The number of Topliss-reactive ketones (excluding diaryl/α,β-unsaturated/α-hetero) is 1. The molecule has 9 N–H and O–H groups in total. The molecule has 2 aromatic heterocycles. The number of ether oxygens (including phenoxy) is 1. The molecule has 0 fully saturated rings. The molecule has 0 spiro atoms. The average Bonchev–Trinajstić information content (AvgIpc) is 0.963. The molecular formula is C76H89N15O12. The SMILES string of the molecule is CN(C)c1ccc2c(c1)OC1=CC(=[N+](C)C)C=CC1C2c1ccc(C(=O)NCCCC[C@H](NC(=O)CCCCNC(=O)CCCc2cn(-c3ccc(C(=O)CO)cc3)nn2)C(=O)N[C@@H](CCCCNC(=O)c2ccc(-n3cc(CCCC(=O)NCc4ccccc4)nn3)cc2)C(N)=O)cc1C(=O)[O-]. The van der Waals surface area contributed by atoms with E-state index in [2.05, 4.69) is 52.5 Å². The standard InChI is InChI=1S/C76H89N15O12/c1-88(2)57-34-37-60-66(43-57)103-67-44-58(89(3)4)35-38-61(67)71(60)59-36-29-52(42-62(59)76(101)102)74(99)80-41-12-9-21-64(82-70(96)22-10-13-39-78-68(94)23-14-18-53-46-90(86-84-53)55-30-25-50(26-31-55)65(93)48-92)75(100)83-63(72(77)97)20-8-11-40-79-73(98)51-27-32-56(33-28-51)91-47-54(85-87-91)19-15-24-69(95)81-45-49-16-6-5-7-17-49/h5-7,16-17,25-38,42-44,46-47,60,63-64,71,92H,8-15,18-24,39-41,45,48H2,1-4H3,(H8-,77,78,79,80,81,82,83,94,95,96,97,98,99,100,101,102)/t60?,63-,64-,71?/m0/s1. The first-order chi connectivity index (χ1) is 49.7. The van der Waals surface area contributed by atoms with Crippen LogP contribution < -0.4 is 52.4 Å². The van der Waals surface area contributed by atoms with E-state index in [1.807, 2.05) is 104 Å². The lowest BCUT2D eigenvalue weighted by atomic mass is 9.74. The summed E-state index contributed by atoms with van der Waals surface area (Å²) in [6, 6.07) is 31.2. The van der Waals surface area contributed by atoms with Crippen LogP contribution in [0, 0.1) is 5.92 Å². The summed E-state index contributed by atoms with van der Waals surface area (Å²) in [6.45, 7) is 0.543. The normalized spacial score (nSPS) is 14.1. The van der Waals surface area contributed by atoms with Gasteiger partial charge in [-0.2, -0.15) is 0 Å². The highest BCUT2D eigenvalue weighted by Gasteiger charge is 2.39. The van der Waals surface area contributed by atoms with Crippen LogP contribution in [0.15, 0.2) is 152 Å². The van der Waals surface area contributed by atoms with E-state index < -0.39 is 60.0 Å². The molecule has 2 unspecified atom stereocenters. The number of carbonyl (C=O) groups is 9. The van der Waals surface area contributed by atoms with Crippen LogP contribution >= 0.6 is 0 Å². The third-order valence-corrected chi connectivity index (χ3v) is 17.9. The zero-order valence-electron chi connectivity index (χ0n) is 58.4. The van der Waals surface area contributed by atoms with Crippen LogP contribution in [-0.4, -0.2) is 165 Å². The van der Waals surface area contributed by atoms with Gasteiger partial charge in [-0.1, -0.05) is 59.0 Å². The van der Waals surface area contributed by atoms with Gasteiger partial charge in [-0.25, -0.2) is 13.9 Å². The third kappa shape index (κ3) is 21.8. The fourth-order valence-electron chi connectivity index (χ4n) is 12.1. The van der Waals surface area contributed by atoms with Crippen molar-refractivity contribution in [2.75, 3.05) is 59.3 Å². The summed E-state index contributed by atoms with van der Waals surface area (Å²) in [6.07, 6.45) is 14.7. The van der Waals surface area contributed by atoms with Crippen LogP contribution in [0.5, 0.6) is 5.75 Å². The van der Waals surface area contributed by atoms with Crippen molar-refractivity contribution in [1.82, 2.24) is 61.9 Å². The number of primary amides is 1. The Labute approximate surface area is 597 Å². The number of aryl methyl sites for hydroxylation is 2. The number of amides is 7. The van der Waals surface area contributed by atoms with Crippen molar-refractivity contribution in [2.24, 2.45) is 11.7 Å². The zero-order chi connectivity index (χ0) is 73.4. The number of aromatic nitrogens is 6. The number of nitrogens with zero attached hydrogens (tertiary/aromatic N) is 8. The first kappa shape index (κ1) is 75.7. The van der Waals surface area contributed by atoms with Gasteiger partial charge in [-0.05, 0) is 155 Å². The Hall–Kier alpha value is -11.5. The van der Waals surface area contributed by atoms with Crippen molar-refractivity contribution in [2.45, 2.75) is 121 Å². The van der Waals surface area contributed by atoms with E-state index >= 15 is 0 Å². The molecule has 2 aliphatic rings. The molecule has 1 aliphatic heterocycles. The Kier molecular flexibility index (Phi) is 27.4. The number of hydrogen-bond acceptors (Lipinski definition) is 17. The van der Waals surface area contributed by atoms with Crippen LogP contribution in [0.2, 0.25) is 0 Å². The summed E-state index contributed by atoms with van der Waals surface area (Å²) in [5, 5.41) is 56.0. The lowest BCUT2D eigenvalue weighted by Gasteiger charge is -2.36. The Morgan fingerprint density at radius 1 is 0.621 bits per heavy atom. The fraction of sp³-hybridized carbons (Fsp3) is 0.368. The van der Waals surface area contributed by atoms with Gasteiger partial charge in [0.1, 0.15) is 44.3 Å². The molecule has 0 saturated carbocycles. The zero-order valence-corrected chi connectivity index (χ0v) is 58.4. The summed E-state index contributed by atoms with van der Waals surface area (Å²) in [4.78, 5) is 119. The average molecular weight is 1400 g/mol. The van der Waals surface area contributed by atoms with E-state index in [9.17, 15) is 48.3 Å². The highest BCUT2D eigenvalue weighted by molar-refractivity contribution is 6.02. The van der Waals surface area contributed by atoms with Crippen molar-refractivity contribution in [1.29, 1.82) is 0 Å². The molecule has 27 nitrogen and oxygen atoms in total. The number of anilines is 1. The van der Waals surface area contributed by atoms with E-state index in [1.165, 1.54) is 6.07 Å². The van der Waals surface area contributed by atoms with Gasteiger partial charge in [-0.3, -0.25) is 38.4 Å². The molecule has 5 aromatic carbocycles. The summed E-state index contributed by atoms with van der Waals surface area (Å²) >= 11 is 0. The number of fused-ring (bicyclic) bond motifs is 2. The van der Waals surface area contributed by atoms with Crippen molar-refractivity contribution in [3.8, 4) is 17.1 Å². The fourth-order valence-corrected chi connectivity index (χ4v) is 12.1. The molecule has 3 heterocycles. The summed E-state index contributed by atoms with van der Waals surface area (Å²) < 4.78 is 11.6. The smallest absolute Gasteiger partial charge is 0.251 e. The number of nitrogens with two attached hydrogens (primary N) is 1. The second-order valence-corrected chi connectivity index (χ2v) is 25.9. The van der Waals surface area contributed by atoms with Crippen molar-refractivity contribution < 1.29 is 62.7 Å². The highest BCUT2D eigenvalue weighted by atomic mass is 16.5. The van der Waals surface area contributed by atoms with Crippen molar-refractivity contribution in [3.05, 3.63) is 202 Å². The number of rotatable bonds is 38. The number of allylic oxidation sites excluding steroid dienone is 3. The number of aliphatic hydroxyl groups excluding tert-OH is 1. The van der Waals surface area contributed by atoms with Gasteiger partial charge in [0.05, 0.1) is 41.1 Å². The van der Waals surface area contributed by atoms with Gasteiger partial charge >= 0.3 is 0 Å². The maximum absolute atomic E-state index is 14.1. The van der Waals surface area contributed by atoms with Gasteiger partial charge < -0.3 is 62.3 Å². The molecule has 103 heavy (non-hydrogen) atoms. The number of nitrogens with one attached hydrogen (secondary N) is 6. The van der Waals surface area contributed by atoms with E-state index in [0.29, 0.717) is 129 Å². The predicted molar refractivity (Wildman–Crippen MR) is 382 cm³/mol. The van der Waals surface area contributed by atoms with Gasteiger partial charge in [-0.15, -0.1) is 10.2 Å². The van der Waals surface area contributed by atoms with Crippen molar-refractivity contribution in [3.63, 3.8) is 0 Å². The van der Waals surface area contributed by atoms with Crippen LogP contribution in [-0.2, 0) is 43.4 Å². The number of ketones is 1. The molecular weight excluding hydrogens is 1310 g/mol. The molecule has 4 atom stereocenters. The molecule has 0 radical (unpaired) electrons. The minimum Gasteiger partial charge on any atom is -0.545 e. The molecule has 0 bridgehead atoms. The lowest BCUT2D eigenvalue weighted by Crippen LogP contribution is -2.53. The number of benzene rings is 5. The molecule has 0 saturated heterocycles. The number of carboxylic acids is 1. The van der Waals surface area contributed by atoms with E-state index in [4.69, 9.17) is 15.6 Å². The minimum absolute atomic E-state index is 0.0137. The second kappa shape index (κ2) is 37.3. The maximum atomic E-state index is 14.1. The minimum atomic E-state index is -1.45. The van der Waals surface area contributed by atoms with Crippen LogP contribution in [0.25, 0.3) is 11.4 Å². The summed E-state index contributed by atoms with van der Waals surface area (Å²) in [5.74, 6) is -4.46. The number of carboxylic acid groups (broad SMARTS) is 1. The monoisotopic (exact) mass is 1400 g/mol. The Morgan fingerprint density at radius 2 is 1.18 bits per heavy atom. The topological polar surface area (TPSA) is 372 Å². The molecule has 9 rings (SSSR count). The second-order valence-electron chi connectivity index (χ2n) is 25.9. The predicted octanol–water partition coefficient (Wildman–Crippen LogP) is 4.66. The van der Waals surface area contributed by atoms with E-state index in [1.54, 1.807) is 82.4 Å². The molecule has 540 valence electrons. The van der Waals surface area contributed by atoms with Crippen LogP contribution in [0.1, 0.15) is 159 Å². The molecule has 1 aliphatic carbocycles. The number of hydrogen-bond donors (Lipinski definition) is 8. The first-order valence-electron chi connectivity index (χ1n) is 34.7. The van der Waals surface area contributed by atoms with Gasteiger partial charge in [0.25, 0.3) is 11.8 Å². The quantitative estimate of drug-likeness (QED) is 0.0148. The summed E-state index contributed by atoms with van der Waals surface area (Å²) in [5.41, 5.74) is 13.4. The van der Waals surface area contributed by atoms with Crippen molar-refractivity contribution >= 4 is 64.5 Å². The first-order valence-corrected chi connectivity index (χ1v) is 34.7. The number of aliphatic hydroxyl groups is 1. The van der Waals surface area contributed by atoms with Gasteiger partial charge in [0, 0.05) is 123 Å². The Morgan fingerprint density at radius 3 is 1.79 bits per heavy atom. The Bertz CT molecular complexity index is 4250. The largest absolute Gasteiger partial charge is 0.545 e.